The van der Waals surface area contributed by atoms with Gasteiger partial charge in [-0.15, -0.1) is 0 Å². The van der Waals surface area contributed by atoms with Crippen LogP contribution in [0.25, 0.3) is 0 Å². The molecule has 0 aliphatic carbocycles. The first-order valence-electron chi connectivity index (χ1n) is 5.84. The third-order valence-corrected chi connectivity index (χ3v) is 2.42. The zero-order valence-electron chi connectivity index (χ0n) is 10.2. The largest absolute Gasteiger partial charge is 0.368 e. The average Bonchev–Trinajstić information content (AvgIpc) is 2.81. The number of hydrogen-bond acceptors (Lipinski definition) is 4. The Balaban J connectivity index is 1.92. The van der Waals surface area contributed by atoms with Crippen LogP contribution in [-0.2, 0) is 13.0 Å². The van der Waals surface area contributed by atoms with Crippen molar-refractivity contribution in [3.63, 3.8) is 0 Å². The highest BCUT2D eigenvalue weighted by Crippen LogP contribution is 2.06. The molecule has 2 aromatic heterocycles. The number of aromatic nitrogens is 4. The van der Waals surface area contributed by atoms with Gasteiger partial charge in [0.05, 0.1) is 6.54 Å². The van der Waals surface area contributed by atoms with Crippen molar-refractivity contribution in [1.29, 1.82) is 0 Å². The third-order valence-electron chi connectivity index (χ3n) is 2.42. The highest BCUT2D eigenvalue weighted by molar-refractivity contribution is 5.35. The zero-order chi connectivity index (χ0) is 12.1. The Hall–Kier alpha value is -1.91. The van der Waals surface area contributed by atoms with Gasteiger partial charge in [-0.2, -0.15) is 5.10 Å². The van der Waals surface area contributed by atoms with Gasteiger partial charge >= 0.3 is 0 Å². The molecule has 5 heteroatoms. The topological polar surface area (TPSA) is 55.6 Å². The summed E-state index contributed by atoms with van der Waals surface area (Å²) in [6.45, 7) is 5.68. The van der Waals surface area contributed by atoms with Crippen LogP contribution in [0, 0.1) is 6.92 Å². The molecular weight excluding hydrogens is 214 g/mol. The van der Waals surface area contributed by atoms with E-state index >= 15 is 0 Å². The molecule has 90 valence electrons. The molecule has 0 bridgehead atoms. The van der Waals surface area contributed by atoms with Crippen molar-refractivity contribution in [2.45, 2.75) is 26.8 Å². The van der Waals surface area contributed by atoms with E-state index < -0.39 is 0 Å². The van der Waals surface area contributed by atoms with Crippen molar-refractivity contribution in [2.24, 2.45) is 0 Å². The maximum atomic E-state index is 4.42. The van der Waals surface area contributed by atoms with Crippen molar-refractivity contribution in [3.8, 4) is 0 Å². The van der Waals surface area contributed by atoms with Crippen molar-refractivity contribution >= 4 is 5.82 Å². The van der Waals surface area contributed by atoms with Crippen molar-refractivity contribution in [1.82, 2.24) is 19.7 Å². The SMILES string of the molecule is CCc1nc(C)cc(NCCn2cccn2)n1. The second-order valence-electron chi connectivity index (χ2n) is 3.86. The van der Waals surface area contributed by atoms with E-state index in [-0.39, 0.29) is 0 Å². The molecule has 0 fully saturated rings. The lowest BCUT2D eigenvalue weighted by atomic mass is 10.3. The molecule has 1 N–H and O–H groups in total. The highest BCUT2D eigenvalue weighted by Gasteiger charge is 2.00. The van der Waals surface area contributed by atoms with Gasteiger partial charge in [-0.3, -0.25) is 4.68 Å². The number of anilines is 1. The predicted molar refractivity (Wildman–Crippen MR) is 66.9 cm³/mol. The van der Waals surface area contributed by atoms with Gasteiger partial charge in [-0.25, -0.2) is 9.97 Å². The van der Waals surface area contributed by atoms with Gasteiger partial charge in [0.2, 0.25) is 0 Å². The van der Waals surface area contributed by atoms with Gasteiger partial charge < -0.3 is 5.32 Å². The van der Waals surface area contributed by atoms with Gasteiger partial charge in [0, 0.05) is 37.1 Å². The fourth-order valence-corrected chi connectivity index (χ4v) is 1.61. The summed E-state index contributed by atoms with van der Waals surface area (Å²) in [6, 6.07) is 3.88. The fourth-order valence-electron chi connectivity index (χ4n) is 1.61. The maximum absolute atomic E-state index is 4.42. The second kappa shape index (κ2) is 5.43. The van der Waals surface area contributed by atoms with Crippen LogP contribution < -0.4 is 5.32 Å². The summed E-state index contributed by atoms with van der Waals surface area (Å²) in [5, 5.41) is 7.43. The van der Waals surface area contributed by atoms with Gasteiger partial charge in [-0.1, -0.05) is 6.92 Å². The Labute approximate surface area is 101 Å². The van der Waals surface area contributed by atoms with Crippen LogP contribution in [-0.4, -0.2) is 26.3 Å². The van der Waals surface area contributed by atoms with Crippen LogP contribution in [0.2, 0.25) is 0 Å². The molecule has 2 heterocycles. The molecule has 0 radical (unpaired) electrons. The summed E-state index contributed by atoms with van der Waals surface area (Å²) >= 11 is 0. The van der Waals surface area contributed by atoms with E-state index in [0.29, 0.717) is 0 Å². The molecule has 0 aliphatic heterocycles. The predicted octanol–water partition coefficient (Wildman–Crippen LogP) is 1.66. The Kier molecular flexibility index (Phi) is 3.69. The minimum atomic E-state index is 0.807. The molecule has 0 amide bonds. The van der Waals surface area contributed by atoms with Crippen LogP contribution in [0.4, 0.5) is 5.82 Å². The Morgan fingerprint density at radius 3 is 2.94 bits per heavy atom. The molecule has 2 aromatic rings. The molecule has 2 rings (SSSR count). The average molecular weight is 231 g/mol. The number of hydrogen-bond donors (Lipinski definition) is 1. The first kappa shape index (κ1) is 11.6. The van der Waals surface area contributed by atoms with E-state index in [4.69, 9.17) is 0 Å². The first-order valence-corrected chi connectivity index (χ1v) is 5.84. The maximum Gasteiger partial charge on any atom is 0.130 e. The summed E-state index contributed by atoms with van der Waals surface area (Å²) < 4.78 is 1.89. The Bertz CT molecular complexity index is 464. The van der Waals surface area contributed by atoms with Crippen LogP contribution >= 0.6 is 0 Å². The fraction of sp³-hybridized carbons (Fsp3) is 0.417. The lowest BCUT2D eigenvalue weighted by Gasteiger charge is -2.07. The lowest BCUT2D eigenvalue weighted by molar-refractivity contribution is 0.636. The van der Waals surface area contributed by atoms with E-state index in [9.17, 15) is 0 Å². The molecule has 0 aliphatic rings. The van der Waals surface area contributed by atoms with Gasteiger partial charge in [-0.05, 0) is 13.0 Å². The Morgan fingerprint density at radius 2 is 2.24 bits per heavy atom. The van der Waals surface area contributed by atoms with Crippen LogP contribution in [0.3, 0.4) is 0 Å². The third kappa shape index (κ3) is 3.27. The minimum Gasteiger partial charge on any atom is -0.368 e. The summed E-state index contributed by atoms with van der Waals surface area (Å²) in [6.07, 6.45) is 4.59. The molecule has 5 nitrogen and oxygen atoms in total. The van der Waals surface area contributed by atoms with Crippen LogP contribution in [0.5, 0.6) is 0 Å². The summed E-state index contributed by atoms with van der Waals surface area (Å²) in [7, 11) is 0. The Morgan fingerprint density at radius 1 is 1.35 bits per heavy atom. The lowest BCUT2D eigenvalue weighted by Crippen LogP contribution is -2.12. The summed E-state index contributed by atoms with van der Waals surface area (Å²) in [4.78, 5) is 8.76. The number of nitrogens with zero attached hydrogens (tertiary/aromatic N) is 4. The van der Waals surface area contributed by atoms with Gasteiger partial charge in [0.15, 0.2) is 0 Å². The normalized spacial score (nSPS) is 10.5. The smallest absolute Gasteiger partial charge is 0.130 e. The van der Waals surface area contributed by atoms with E-state index in [1.165, 1.54) is 0 Å². The van der Waals surface area contributed by atoms with Gasteiger partial charge in [0.1, 0.15) is 11.6 Å². The molecule has 0 unspecified atom stereocenters. The molecule has 17 heavy (non-hydrogen) atoms. The highest BCUT2D eigenvalue weighted by atomic mass is 15.3. The summed E-state index contributed by atoms with van der Waals surface area (Å²) in [5.74, 6) is 1.77. The molecule has 0 saturated carbocycles. The van der Waals surface area contributed by atoms with Crippen molar-refractivity contribution in [3.05, 3.63) is 36.0 Å². The molecular formula is C12H17N5. The molecule has 0 saturated heterocycles. The van der Waals surface area contributed by atoms with E-state index in [1.54, 1.807) is 6.20 Å². The standard InChI is InChI=1S/C12H17N5/c1-3-11-15-10(2)9-12(16-11)13-6-8-17-7-4-5-14-17/h4-5,7,9H,3,6,8H2,1-2H3,(H,13,15,16). The second-order valence-corrected chi connectivity index (χ2v) is 3.86. The van der Waals surface area contributed by atoms with Crippen molar-refractivity contribution in [2.75, 3.05) is 11.9 Å². The van der Waals surface area contributed by atoms with Crippen molar-refractivity contribution < 1.29 is 0 Å². The monoisotopic (exact) mass is 231 g/mol. The van der Waals surface area contributed by atoms with E-state index in [2.05, 4.69) is 27.3 Å². The molecule has 0 aromatic carbocycles. The summed E-state index contributed by atoms with van der Waals surface area (Å²) in [5.41, 5.74) is 0.999. The number of nitrogens with one attached hydrogen (secondary N) is 1. The van der Waals surface area contributed by atoms with Crippen LogP contribution in [0.15, 0.2) is 24.5 Å². The van der Waals surface area contributed by atoms with Gasteiger partial charge in [0.25, 0.3) is 0 Å². The molecule has 0 atom stereocenters. The number of aryl methyl sites for hydroxylation is 2. The quantitative estimate of drug-likeness (QED) is 0.850. The zero-order valence-corrected chi connectivity index (χ0v) is 10.2. The van der Waals surface area contributed by atoms with E-state index in [0.717, 1.165) is 36.8 Å². The number of rotatable bonds is 5. The first-order chi connectivity index (χ1) is 8.28. The van der Waals surface area contributed by atoms with E-state index in [1.807, 2.05) is 29.9 Å². The minimum absolute atomic E-state index is 0.807. The molecule has 0 spiro atoms. The van der Waals surface area contributed by atoms with Crippen LogP contribution in [0.1, 0.15) is 18.4 Å².